The molecular weight excluding hydrogens is 294 g/mol. The fourth-order valence-corrected chi connectivity index (χ4v) is 2.00. The van der Waals surface area contributed by atoms with Crippen molar-refractivity contribution in [1.82, 2.24) is 9.55 Å². The molecule has 0 aliphatic heterocycles. The third-order valence-corrected chi connectivity index (χ3v) is 2.97. The van der Waals surface area contributed by atoms with Crippen molar-refractivity contribution in [1.29, 1.82) is 0 Å². The van der Waals surface area contributed by atoms with Crippen LogP contribution < -0.4 is 11.2 Å². The van der Waals surface area contributed by atoms with Crippen molar-refractivity contribution < 1.29 is 13.9 Å². The van der Waals surface area contributed by atoms with Gasteiger partial charge < -0.3 is 5.11 Å². The van der Waals surface area contributed by atoms with Crippen molar-refractivity contribution >= 4 is 11.6 Å². The predicted octanol–water partition coefficient (Wildman–Crippen LogP) is 1.83. The van der Waals surface area contributed by atoms with Crippen molar-refractivity contribution in [2.45, 2.75) is 13.0 Å². The number of aromatic hydroxyl groups is 1. The minimum Gasteiger partial charge on any atom is -0.494 e. The Balaban J connectivity index is 2.75. The summed E-state index contributed by atoms with van der Waals surface area (Å²) in [6.07, 6.45) is -2.86. The number of aromatic amines is 1. The second-order valence-electron chi connectivity index (χ2n) is 3.94. The molecule has 0 radical (unpaired) electrons. The Labute approximate surface area is 116 Å². The number of aromatic nitrogens is 2. The van der Waals surface area contributed by atoms with Gasteiger partial charge in [-0.05, 0) is 6.07 Å². The summed E-state index contributed by atoms with van der Waals surface area (Å²) in [6, 6.07) is 6.07. The van der Waals surface area contributed by atoms with Gasteiger partial charge in [0, 0.05) is 10.6 Å². The Morgan fingerprint density at radius 3 is 2.55 bits per heavy atom. The van der Waals surface area contributed by atoms with E-state index in [1.807, 2.05) is 4.98 Å². The van der Waals surface area contributed by atoms with Crippen LogP contribution in [-0.4, -0.2) is 21.1 Å². The maximum atomic E-state index is 12.4. The van der Waals surface area contributed by atoms with Crippen LogP contribution in [0.25, 0.3) is 11.1 Å². The van der Waals surface area contributed by atoms with Gasteiger partial charge in [-0.1, -0.05) is 29.8 Å². The first-order valence-corrected chi connectivity index (χ1v) is 5.88. The Morgan fingerprint density at radius 2 is 1.95 bits per heavy atom. The van der Waals surface area contributed by atoms with Crippen molar-refractivity contribution in [2.24, 2.45) is 0 Å². The molecule has 0 amide bonds. The zero-order chi connectivity index (χ0) is 14.9. The van der Waals surface area contributed by atoms with E-state index in [0.29, 0.717) is 4.57 Å². The second kappa shape index (κ2) is 5.46. The lowest BCUT2D eigenvalue weighted by molar-refractivity contribution is 0.120. The molecule has 1 aromatic heterocycles. The molecule has 0 spiro atoms. The minimum atomic E-state index is -2.86. The standard InChI is InChI=1S/C12H9ClF2N2O3/c13-7-4-2-1-3-6(7)9-10(18)16-12(20)17(11(9)19)5-8(14)15/h1-4,8,19H,5H2,(H,16,18,20). The molecule has 8 heteroatoms. The predicted molar refractivity (Wildman–Crippen MR) is 69.4 cm³/mol. The summed E-state index contributed by atoms with van der Waals surface area (Å²) in [7, 11) is 0. The third-order valence-electron chi connectivity index (χ3n) is 2.64. The topological polar surface area (TPSA) is 75.1 Å². The van der Waals surface area contributed by atoms with Crippen molar-refractivity contribution in [2.75, 3.05) is 0 Å². The molecule has 106 valence electrons. The SMILES string of the molecule is O=c1[nH]c(=O)n(CC(F)F)c(O)c1-c1ccccc1Cl. The fraction of sp³-hybridized carbons (Fsp3) is 0.167. The normalized spacial score (nSPS) is 11.0. The average Bonchev–Trinajstić information content (AvgIpc) is 2.36. The first-order valence-electron chi connectivity index (χ1n) is 5.51. The molecule has 2 N–H and O–H groups in total. The molecule has 5 nitrogen and oxygen atoms in total. The maximum Gasteiger partial charge on any atom is 0.331 e. The number of nitrogens with zero attached hydrogens (tertiary/aromatic N) is 1. The Kier molecular flexibility index (Phi) is 3.89. The highest BCUT2D eigenvalue weighted by Crippen LogP contribution is 2.30. The molecule has 0 bridgehead atoms. The van der Waals surface area contributed by atoms with E-state index in [1.165, 1.54) is 12.1 Å². The van der Waals surface area contributed by atoms with Gasteiger partial charge in [-0.25, -0.2) is 13.6 Å². The summed E-state index contributed by atoms with van der Waals surface area (Å²) < 4.78 is 25.2. The molecule has 1 heterocycles. The highest BCUT2D eigenvalue weighted by atomic mass is 35.5. The van der Waals surface area contributed by atoms with E-state index >= 15 is 0 Å². The van der Waals surface area contributed by atoms with E-state index in [0.717, 1.165) is 0 Å². The van der Waals surface area contributed by atoms with Crippen LogP contribution in [0.4, 0.5) is 8.78 Å². The summed E-state index contributed by atoms with van der Waals surface area (Å²) in [4.78, 5) is 25.1. The van der Waals surface area contributed by atoms with E-state index in [4.69, 9.17) is 11.6 Å². The Morgan fingerprint density at radius 1 is 1.30 bits per heavy atom. The maximum absolute atomic E-state index is 12.4. The monoisotopic (exact) mass is 302 g/mol. The van der Waals surface area contributed by atoms with Crippen LogP contribution >= 0.6 is 11.6 Å². The van der Waals surface area contributed by atoms with Gasteiger partial charge in [-0.2, -0.15) is 0 Å². The van der Waals surface area contributed by atoms with Gasteiger partial charge in [-0.3, -0.25) is 14.3 Å². The van der Waals surface area contributed by atoms with E-state index < -0.39 is 30.1 Å². The summed E-state index contributed by atoms with van der Waals surface area (Å²) in [5.41, 5.74) is -2.18. The largest absolute Gasteiger partial charge is 0.494 e. The second-order valence-corrected chi connectivity index (χ2v) is 4.35. The van der Waals surface area contributed by atoms with Gasteiger partial charge in [0.05, 0.1) is 6.54 Å². The van der Waals surface area contributed by atoms with E-state index in [9.17, 15) is 23.5 Å². The lowest BCUT2D eigenvalue weighted by Gasteiger charge is -2.11. The van der Waals surface area contributed by atoms with Gasteiger partial charge >= 0.3 is 5.69 Å². The molecule has 2 aromatic rings. The molecule has 0 unspecified atom stereocenters. The molecule has 0 fully saturated rings. The van der Waals surface area contributed by atoms with Gasteiger partial charge in [0.15, 0.2) is 0 Å². The smallest absolute Gasteiger partial charge is 0.331 e. The highest BCUT2D eigenvalue weighted by molar-refractivity contribution is 6.33. The molecule has 1 aromatic carbocycles. The number of benzene rings is 1. The van der Waals surface area contributed by atoms with Crippen LogP contribution in [0.3, 0.4) is 0 Å². The Hall–Kier alpha value is -2.15. The fourth-order valence-electron chi connectivity index (χ4n) is 1.77. The molecule has 2 rings (SSSR count). The zero-order valence-corrected chi connectivity index (χ0v) is 10.7. The van der Waals surface area contributed by atoms with Crippen LogP contribution in [0.1, 0.15) is 0 Å². The third kappa shape index (κ3) is 2.57. The molecule has 0 saturated heterocycles. The van der Waals surface area contributed by atoms with E-state index in [2.05, 4.69) is 0 Å². The van der Waals surface area contributed by atoms with Crippen LogP contribution in [-0.2, 0) is 6.54 Å². The average molecular weight is 303 g/mol. The number of nitrogens with one attached hydrogen (secondary N) is 1. The van der Waals surface area contributed by atoms with Crippen LogP contribution in [0.2, 0.25) is 5.02 Å². The highest BCUT2D eigenvalue weighted by Gasteiger charge is 2.19. The van der Waals surface area contributed by atoms with Crippen molar-refractivity contribution in [3.8, 4) is 17.0 Å². The zero-order valence-electron chi connectivity index (χ0n) is 9.94. The lowest BCUT2D eigenvalue weighted by atomic mass is 10.1. The van der Waals surface area contributed by atoms with Crippen LogP contribution in [0.5, 0.6) is 5.88 Å². The van der Waals surface area contributed by atoms with Crippen molar-refractivity contribution in [3.63, 3.8) is 0 Å². The minimum absolute atomic E-state index is 0.149. The van der Waals surface area contributed by atoms with Gasteiger partial charge in [0.2, 0.25) is 5.88 Å². The molecular formula is C12H9ClF2N2O3. The van der Waals surface area contributed by atoms with E-state index in [1.54, 1.807) is 12.1 Å². The summed E-state index contributed by atoms with van der Waals surface area (Å²) in [5, 5.41) is 10.1. The summed E-state index contributed by atoms with van der Waals surface area (Å²) in [6.45, 7) is -1.03. The molecule has 0 aliphatic carbocycles. The first kappa shape index (κ1) is 14.3. The quantitative estimate of drug-likeness (QED) is 0.908. The Bertz CT molecular complexity index is 755. The lowest BCUT2D eigenvalue weighted by Crippen LogP contribution is -2.32. The van der Waals surface area contributed by atoms with Gasteiger partial charge in [0.1, 0.15) is 5.56 Å². The van der Waals surface area contributed by atoms with Gasteiger partial charge in [0.25, 0.3) is 12.0 Å². The summed E-state index contributed by atoms with van der Waals surface area (Å²) >= 11 is 5.90. The molecule has 0 saturated carbocycles. The summed E-state index contributed by atoms with van der Waals surface area (Å²) in [5.74, 6) is -0.841. The van der Waals surface area contributed by atoms with Gasteiger partial charge in [-0.15, -0.1) is 0 Å². The number of H-pyrrole nitrogens is 1. The number of hydrogen-bond donors (Lipinski definition) is 2. The van der Waals surface area contributed by atoms with Crippen LogP contribution in [0, 0.1) is 0 Å². The van der Waals surface area contributed by atoms with Crippen molar-refractivity contribution in [3.05, 3.63) is 50.1 Å². The van der Waals surface area contributed by atoms with Crippen LogP contribution in [0.15, 0.2) is 33.9 Å². The number of rotatable bonds is 3. The number of halogens is 3. The van der Waals surface area contributed by atoms with E-state index in [-0.39, 0.29) is 16.1 Å². The number of hydrogen-bond acceptors (Lipinski definition) is 3. The molecule has 0 atom stereocenters. The molecule has 0 aliphatic rings. The first-order chi connectivity index (χ1) is 9.41. The number of alkyl halides is 2. The molecule has 20 heavy (non-hydrogen) atoms.